The molecular weight excluding hydrogens is 424 g/mol. The second-order valence-electron chi connectivity index (χ2n) is 10.3. The maximum Gasteiger partial charge on any atom is 0.248 e. The van der Waals surface area contributed by atoms with Crippen molar-refractivity contribution in [2.24, 2.45) is 5.41 Å². The van der Waals surface area contributed by atoms with E-state index in [2.05, 4.69) is 20.8 Å². The predicted molar refractivity (Wildman–Crippen MR) is 119 cm³/mol. The van der Waals surface area contributed by atoms with Crippen LogP contribution >= 0.6 is 0 Å². The quantitative estimate of drug-likeness (QED) is 0.649. The van der Waals surface area contributed by atoms with Crippen LogP contribution in [0.1, 0.15) is 81.6 Å². The number of hydrogen-bond acceptors (Lipinski definition) is 7. The van der Waals surface area contributed by atoms with Crippen molar-refractivity contribution in [3.63, 3.8) is 0 Å². The topological polar surface area (TPSA) is 126 Å². The number of rotatable bonds is 7. The molecule has 10 nitrogen and oxygen atoms in total. The standard InChI is InChI=1S/C23H34N6O4/c1-6-19-16(13(2)26-33-19)10-24-21(31)18-9-15(30)11-28(18)22(32)20(23(3,4)5)29-12-17(25-27-29)14-7-8-14/h12,14-15,18,20,30H,6-11H2,1-5H3,(H,24,31)/t15-,18+,20-/m1/s1. The number of nitrogens with zero attached hydrogens (tertiary/aromatic N) is 5. The highest BCUT2D eigenvalue weighted by Gasteiger charge is 2.45. The summed E-state index contributed by atoms with van der Waals surface area (Å²) in [5.41, 5.74) is 2.03. The zero-order valence-electron chi connectivity index (χ0n) is 20.0. The summed E-state index contributed by atoms with van der Waals surface area (Å²) in [7, 11) is 0. The van der Waals surface area contributed by atoms with Crippen molar-refractivity contribution >= 4 is 11.8 Å². The normalized spacial score (nSPS) is 21.9. The fourth-order valence-corrected chi connectivity index (χ4v) is 4.56. The fourth-order valence-electron chi connectivity index (χ4n) is 4.56. The Bertz CT molecular complexity index is 1020. The van der Waals surface area contributed by atoms with Crippen molar-refractivity contribution in [3.8, 4) is 0 Å². The van der Waals surface area contributed by atoms with Gasteiger partial charge in [-0.1, -0.05) is 38.1 Å². The van der Waals surface area contributed by atoms with E-state index in [1.807, 2.05) is 40.8 Å². The number of likely N-dealkylation sites (tertiary alicyclic amines) is 1. The molecule has 3 heterocycles. The molecule has 2 aliphatic rings. The number of nitrogens with one attached hydrogen (secondary N) is 1. The minimum absolute atomic E-state index is 0.111. The van der Waals surface area contributed by atoms with Gasteiger partial charge in [-0.2, -0.15) is 0 Å². The maximum absolute atomic E-state index is 13.8. The molecule has 33 heavy (non-hydrogen) atoms. The van der Waals surface area contributed by atoms with Crippen LogP contribution in [0.5, 0.6) is 0 Å². The number of aliphatic hydroxyl groups is 1. The Kier molecular flexibility index (Phi) is 6.30. The van der Waals surface area contributed by atoms with Crippen molar-refractivity contribution in [1.29, 1.82) is 0 Å². The van der Waals surface area contributed by atoms with Gasteiger partial charge in [-0.05, 0) is 25.2 Å². The van der Waals surface area contributed by atoms with Crippen LogP contribution in [-0.4, -0.2) is 60.7 Å². The lowest BCUT2D eigenvalue weighted by atomic mass is 9.85. The number of aromatic nitrogens is 4. The van der Waals surface area contributed by atoms with Crippen LogP contribution in [0.2, 0.25) is 0 Å². The van der Waals surface area contributed by atoms with Gasteiger partial charge in [0.15, 0.2) is 0 Å². The summed E-state index contributed by atoms with van der Waals surface area (Å²) in [5.74, 6) is 0.627. The van der Waals surface area contributed by atoms with Crippen LogP contribution < -0.4 is 5.32 Å². The molecule has 0 aromatic carbocycles. The zero-order valence-corrected chi connectivity index (χ0v) is 20.0. The van der Waals surface area contributed by atoms with E-state index >= 15 is 0 Å². The van der Waals surface area contributed by atoms with Crippen molar-refractivity contribution in [1.82, 2.24) is 30.4 Å². The van der Waals surface area contributed by atoms with E-state index in [0.717, 1.165) is 35.6 Å². The summed E-state index contributed by atoms with van der Waals surface area (Å²) < 4.78 is 6.93. The summed E-state index contributed by atoms with van der Waals surface area (Å²) in [6.07, 6.45) is 4.16. The molecule has 0 radical (unpaired) electrons. The molecule has 2 amide bonds. The number of aryl methyl sites for hydroxylation is 2. The highest BCUT2D eigenvalue weighted by Crippen LogP contribution is 2.40. The molecule has 1 aliphatic heterocycles. The Morgan fingerprint density at radius 1 is 1.33 bits per heavy atom. The molecule has 1 aliphatic carbocycles. The van der Waals surface area contributed by atoms with Gasteiger partial charge < -0.3 is 19.8 Å². The first kappa shape index (κ1) is 23.4. The van der Waals surface area contributed by atoms with E-state index in [1.54, 1.807) is 4.68 Å². The monoisotopic (exact) mass is 458 g/mol. The maximum atomic E-state index is 13.8. The summed E-state index contributed by atoms with van der Waals surface area (Å²) >= 11 is 0. The summed E-state index contributed by atoms with van der Waals surface area (Å²) in [6.45, 7) is 10.1. The molecule has 4 rings (SSSR count). The Labute approximate surface area is 193 Å². The largest absolute Gasteiger partial charge is 0.391 e. The number of aliphatic hydroxyl groups excluding tert-OH is 1. The van der Waals surface area contributed by atoms with Gasteiger partial charge in [0.1, 0.15) is 17.8 Å². The van der Waals surface area contributed by atoms with Crippen LogP contribution in [0.3, 0.4) is 0 Å². The molecule has 1 saturated heterocycles. The predicted octanol–water partition coefficient (Wildman–Crippen LogP) is 1.88. The van der Waals surface area contributed by atoms with Gasteiger partial charge in [0.25, 0.3) is 0 Å². The number of hydrogen-bond donors (Lipinski definition) is 2. The third-order valence-electron chi connectivity index (χ3n) is 6.53. The molecule has 0 unspecified atom stereocenters. The van der Waals surface area contributed by atoms with Crippen molar-refractivity contribution in [2.45, 2.75) is 91.0 Å². The van der Waals surface area contributed by atoms with Crippen LogP contribution in [0.4, 0.5) is 0 Å². The molecule has 180 valence electrons. The number of amides is 2. The molecule has 0 bridgehead atoms. The number of β-amino-alcohol motifs (C(OH)–C–C–N with tert-alkyl or cyclic N) is 1. The third kappa shape index (κ3) is 4.80. The van der Waals surface area contributed by atoms with E-state index in [4.69, 9.17) is 4.52 Å². The second kappa shape index (κ2) is 8.89. The van der Waals surface area contributed by atoms with E-state index in [0.29, 0.717) is 12.3 Å². The van der Waals surface area contributed by atoms with Crippen LogP contribution in [0.25, 0.3) is 0 Å². The highest BCUT2D eigenvalue weighted by molar-refractivity contribution is 5.90. The smallest absolute Gasteiger partial charge is 0.248 e. The molecule has 3 atom stereocenters. The van der Waals surface area contributed by atoms with Crippen LogP contribution in [0.15, 0.2) is 10.7 Å². The third-order valence-corrected chi connectivity index (χ3v) is 6.53. The Morgan fingerprint density at radius 3 is 2.70 bits per heavy atom. The van der Waals surface area contributed by atoms with Crippen LogP contribution in [0, 0.1) is 12.3 Å². The van der Waals surface area contributed by atoms with E-state index in [-0.39, 0.29) is 31.3 Å². The Balaban J connectivity index is 1.52. The summed E-state index contributed by atoms with van der Waals surface area (Å²) in [4.78, 5) is 28.4. The lowest BCUT2D eigenvalue weighted by molar-refractivity contribution is -0.144. The molecule has 0 spiro atoms. The summed E-state index contributed by atoms with van der Waals surface area (Å²) in [6, 6.07) is -1.39. The number of carbonyl (C=O) groups excluding carboxylic acids is 2. The minimum atomic E-state index is -0.758. The van der Waals surface area contributed by atoms with E-state index in [9.17, 15) is 14.7 Å². The number of carbonyl (C=O) groups is 2. The van der Waals surface area contributed by atoms with Gasteiger partial charge in [-0.25, -0.2) is 4.68 Å². The van der Waals surface area contributed by atoms with Crippen molar-refractivity contribution < 1.29 is 19.2 Å². The first-order valence-electron chi connectivity index (χ1n) is 11.7. The van der Waals surface area contributed by atoms with E-state index < -0.39 is 23.6 Å². The van der Waals surface area contributed by atoms with Gasteiger partial charge in [-0.15, -0.1) is 5.10 Å². The van der Waals surface area contributed by atoms with Gasteiger partial charge in [0.05, 0.1) is 17.5 Å². The summed E-state index contributed by atoms with van der Waals surface area (Å²) in [5, 5.41) is 25.8. The average molecular weight is 459 g/mol. The molecule has 1 saturated carbocycles. The fraction of sp³-hybridized carbons (Fsp3) is 0.696. The highest BCUT2D eigenvalue weighted by atomic mass is 16.5. The van der Waals surface area contributed by atoms with E-state index in [1.165, 1.54) is 4.90 Å². The van der Waals surface area contributed by atoms with Gasteiger partial charge in [0.2, 0.25) is 11.8 Å². The molecule has 2 fully saturated rings. The molecule has 2 aromatic rings. The molecular formula is C23H34N6O4. The Morgan fingerprint density at radius 2 is 2.06 bits per heavy atom. The SMILES string of the molecule is CCc1onc(C)c1CNC(=O)[C@@H]1C[C@@H](O)CN1C(=O)[C@@H](n1cc(C2CC2)nn1)C(C)(C)C. The lowest BCUT2D eigenvalue weighted by Gasteiger charge is -2.34. The van der Waals surface area contributed by atoms with Gasteiger partial charge in [0, 0.05) is 43.6 Å². The second-order valence-corrected chi connectivity index (χ2v) is 10.3. The van der Waals surface area contributed by atoms with Gasteiger partial charge >= 0.3 is 0 Å². The Hall–Kier alpha value is -2.75. The zero-order chi connectivity index (χ0) is 23.9. The van der Waals surface area contributed by atoms with Gasteiger partial charge in [-0.3, -0.25) is 9.59 Å². The minimum Gasteiger partial charge on any atom is -0.391 e. The molecule has 2 N–H and O–H groups in total. The van der Waals surface area contributed by atoms with Crippen molar-refractivity contribution in [2.75, 3.05) is 6.54 Å². The molecule has 10 heteroatoms. The molecule has 2 aromatic heterocycles. The van der Waals surface area contributed by atoms with Crippen molar-refractivity contribution in [3.05, 3.63) is 28.9 Å². The first-order chi connectivity index (χ1) is 15.6. The van der Waals surface area contributed by atoms with Crippen LogP contribution in [-0.2, 0) is 22.6 Å². The first-order valence-corrected chi connectivity index (χ1v) is 11.7. The lowest BCUT2D eigenvalue weighted by Crippen LogP contribution is -2.50. The average Bonchev–Trinajstić information content (AvgIpc) is 3.18.